The minimum Gasteiger partial charge on any atom is -0.497 e. The summed E-state index contributed by atoms with van der Waals surface area (Å²) in [4.78, 5) is 15.4. The molecule has 3 aliphatic rings. The number of carbonyl (C=O) groups is 1. The summed E-state index contributed by atoms with van der Waals surface area (Å²) in [5, 5.41) is 0. The highest BCUT2D eigenvalue weighted by Crippen LogP contribution is 2.45. The number of rotatable bonds is 4. The molecule has 0 N–H and O–H groups in total. The molecule has 0 aromatic heterocycles. The zero-order valence-electron chi connectivity index (χ0n) is 19.4. The summed E-state index contributed by atoms with van der Waals surface area (Å²) in [5.74, 6) is 0.951. The summed E-state index contributed by atoms with van der Waals surface area (Å²) < 4.78 is 11.3. The van der Waals surface area contributed by atoms with Gasteiger partial charge < -0.3 is 9.47 Å². The predicted octanol–water partition coefficient (Wildman–Crippen LogP) is 6.65. The Balaban J connectivity index is 1.20. The average Bonchev–Trinajstić information content (AvgIpc) is 3.20. The van der Waals surface area contributed by atoms with Gasteiger partial charge in [0.2, 0.25) is 0 Å². The highest BCUT2D eigenvalue weighted by atomic mass is 16.6. The lowest BCUT2D eigenvalue weighted by Gasteiger charge is -2.44. The first-order chi connectivity index (χ1) is 16.7. The molecule has 0 radical (unpaired) electrons. The maximum atomic E-state index is 13.4. The molecule has 34 heavy (non-hydrogen) atoms. The second-order valence-corrected chi connectivity index (χ2v) is 9.49. The van der Waals surface area contributed by atoms with Crippen molar-refractivity contribution in [2.24, 2.45) is 0 Å². The van der Waals surface area contributed by atoms with E-state index in [1.165, 1.54) is 33.4 Å². The van der Waals surface area contributed by atoms with E-state index in [0.29, 0.717) is 6.61 Å². The van der Waals surface area contributed by atoms with Crippen molar-refractivity contribution in [2.75, 3.05) is 13.7 Å². The number of carbonyl (C=O) groups excluding carboxylic acids is 1. The number of amides is 1. The van der Waals surface area contributed by atoms with E-state index in [0.717, 1.165) is 31.4 Å². The topological polar surface area (TPSA) is 38.8 Å². The third-order valence-corrected chi connectivity index (χ3v) is 7.64. The minimum absolute atomic E-state index is 0.0892. The quantitative estimate of drug-likeness (QED) is 0.445. The lowest BCUT2D eigenvalue weighted by molar-refractivity contribution is 0.0539. The normalized spacial score (nSPS) is 20.9. The van der Waals surface area contributed by atoms with Gasteiger partial charge >= 0.3 is 6.09 Å². The first-order valence-corrected chi connectivity index (χ1v) is 12.2. The number of piperidine rings is 1. The van der Waals surface area contributed by atoms with Crippen molar-refractivity contribution in [3.05, 3.63) is 95.6 Å². The summed E-state index contributed by atoms with van der Waals surface area (Å²) in [6.45, 7) is 0.373. The molecule has 4 heteroatoms. The Morgan fingerprint density at radius 1 is 0.912 bits per heavy atom. The van der Waals surface area contributed by atoms with E-state index < -0.39 is 0 Å². The van der Waals surface area contributed by atoms with Crippen LogP contribution in [0.1, 0.15) is 48.3 Å². The van der Waals surface area contributed by atoms with E-state index in [1.807, 2.05) is 17.0 Å². The fraction of sp³-hybridized carbons (Fsp3) is 0.300. The Morgan fingerprint density at radius 2 is 1.59 bits per heavy atom. The van der Waals surface area contributed by atoms with Crippen molar-refractivity contribution in [3.8, 4) is 16.9 Å². The van der Waals surface area contributed by atoms with Crippen LogP contribution >= 0.6 is 0 Å². The number of hydrogen-bond acceptors (Lipinski definition) is 3. The van der Waals surface area contributed by atoms with Crippen LogP contribution in [0.15, 0.2) is 78.9 Å². The third-order valence-electron chi connectivity index (χ3n) is 7.64. The zero-order chi connectivity index (χ0) is 23.1. The van der Waals surface area contributed by atoms with E-state index in [2.05, 4.69) is 66.7 Å². The molecule has 2 bridgehead atoms. The summed E-state index contributed by atoms with van der Waals surface area (Å²) in [7, 11) is 1.69. The van der Waals surface area contributed by atoms with E-state index in [4.69, 9.17) is 9.47 Å². The number of fused-ring (bicyclic) bond motifs is 5. The van der Waals surface area contributed by atoms with Gasteiger partial charge in [0.25, 0.3) is 0 Å². The molecule has 6 rings (SSSR count). The lowest BCUT2D eigenvalue weighted by atomic mass is 9.83. The van der Waals surface area contributed by atoms with E-state index >= 15 is 0 Å². The van der Waals surface area contributed by atoms with Crippen LogP contribution in [0.25, 0.3) is 16.7 Å². The second kappa shape index (κ2) is 8.68. The van der Waals surface area contributed by atoms with Gasteiger partial charge in [0.15, 0.2) is 0 Å². The predicted molar refractivity (Wildman–Crippen MR) is 134 cm³/mol. The molecule has 4 nitrogen and oxygen atoms in total. The molecule has 2 atom stereocenters. The Morgan fingerprint density at radius 3 is 2.24 bits per heavy atom. The van der Waals surface area contributed by atoms with Crippen molar-refractivity contribution >= 4 is 11.7 Å². The fourth-order valence-electron chi connectivity index (χ4n) is 6.00. The monoisotopic (exact) mass is 451 g/mol. The van der Waals surface area contributed by atoms with Crippen LogP contribution in [-0.4, -0.2) is 36.8 Å². The SMILES string of the molecule is COc1ccc(C2=CC3CCCC(C2)N3C(=O)OCC2c3ccccc3-c3ccccc32)cc1. The molecule has 0 saturated carbocycles. The molecule has 2 aliphatic heterocycles. The molecule has 3 aromatic rings. The van der Waals surface area contributed by atoms with Gasteiger partial charge in [-0.1, -0.05) is 66.7 Å². The van der Waals surface area contributed by atoms with Crippen LogP contribution in [0.3, 0.4) is 0 Å². The van der Waals surface area contributed by atoms with Gasteiger partial charge in [-0.15, -0.1) is 0 Å². The van der Waals surface area contributed by atoms with Gasteiger partial charge in [-0.25, -0.2) is 4.79 Å². The molecule has 3 aromatic carbocycles. The standard InChI is InChI=1S/C30H29NO3/c1-33-24-15-13-20(14-16-24)21-17-22-7-6-8-23(18-21)31(22)30(32)34-19-29-27-11-4-2-9-25(27)26-10-3-5-12-28(26)29/h2-5,9-17,22-23,29H,6-8,18-19H2,1H3. The van der Waals surface area contributed by atoms with Crippen LogP contribution < -0.4 is 4.74 Å². The first-order valence-electron chi connectivity index (χ1n) is 12.2. The van der Waals surface area contributed by atoms with Crippen LogP contribution in [0.5, 0.6) is 5.75 Å². The highest BCUT2D eigenvalue weighted by molar-refractivity contribution is 5.79. The van der Waals surface area contributed by atoms with E-state index in [9.17, 15) is 4.79 Å². The molecular formula is C30H29NO3. The Bertz CT molecular complexity index is 1200. The van der Waals surface area contributed by atoms with E-state index in [-0.39, 0.29) is 24.1 Å². The van der Waals surface area contributed by atoms with Crippen molar-refractivity contribution in [1.82, 2.24) is 4.90 Å². The molecule has 1 saturated heterocycles. The van der Waals surface area contributed by atoms with Crippen LogP contribution in [-0.2, 0) is 4.74 Å². The van der Waals surface area contributed by atoms with Crippen molar-refractivity contribution < 1.29 is 14.3 Å². The van der Waals surface area contributed by atoms with Crippen LogP contribution in [0, 0.1) is 0 Å². The van der Waals surface area contributed by atoms with Crippen molar-refractivity contribution in [1.29, 1.82) is 0 Å². The number of ether oxygens (including phenoxy) is 2. The van der Waals surface area contributed by atoms with Gasteiger partial charge in [-0.05, 0) is 71.2 Å². The molecular weight excluding hydrogens is 422 g/mol. The fourth-order valence-corrected chi connectivity index (χ4v) is 6.00. The molecule has 0 spiro atoms. The molecule has 2 heterocycles. The molecule has 1 fully saturated rings. The maximum Gasteiger partial charge on any atom is 0.410 e. The van der Waals surface area contributed by atoms with E-state index in [1.54, 1.807) is 7.11 Å². The van der Waals surface area contributed by atoms with Gasteiger partial charge in [0, 0.05) is 12.0 Å². The first kappa shape index (κ1) is 21.0. The minimum atomic E-state index is -0.179. The molecule has 1 amide bonds. The van der Waals surface area contributed by atoms with Crippen molar-refractivity contribution in [3.63, 3.8) is 0 Å². The molecule has 2 unspecified atom stereocenters. The number of benzene rings is 3. The summed E-state index contributed by atoms with van der Waals surface area (Å²) in [6, 6.07) is 25.5. The number of methoxy groups -OCH3 is 1. The largest absolute Gasteiger partial charge is 0.497 e. The summed E-state index contributed by atoms with van der Waals surface area (Å²) in [6.07, 6.45) is 6.12. The average molecular weight is 452 g/mol. The Labute approximate surface area is 200 Å². The summed E-state index contributed by atoms with van der Waals surface area (Å²) >= 11 is 0. The van der Waals surface area contributed by atoms with Gasteiger partial charge in [-0.3, -0.25) is 4.90 Å². The Hall–Kier alpha value is -3.53. The van der Waals surface area contributed by atoms with Crippen LogP contribution in [0.4, 0.5) is 4.79 Å². The smallest absolute Gasteiger partial charge is 0.410 e. The number of hydrogen-bond donors (Lipinski definition) is 0. The van der Waals surface area contributed by atoms with Gasteiger partial charge in [0.05, 0.1) is 13.2 Å². The second-order valence-electron chi connectivity index (χ2n) is 9.49. The zero-order valence-corrected chi connectivity index (χ0v) is 19.4. The number of nitrogens with zero attached hydrogens (tertiary/aromatic N) is 1. The summed E-state index contributed by atoms with van der Waals surface area (Å²) in [5.41, 5.74) is 7.53. The lowest BCUT2D eigenvalue weighted by Crippen LogP contribution is -2.51. The molecule has 172 valence electrons. The van der Waals surface area contributed by atoms with Gasteiger partial charge in [0.1, 0.15) is 12.4 Å². The third kappa shape index (κ3) is 3.58. The molecule has 1 aliphatic carbocycles. The highest BCUT2D eigenvalue weighted by Gasteiger charge is 2.39. The Kier molecular flexibility index (Phi) is 5.37. The van der Waals surface area contributed by atoms with Crippen LogP contribution in [0.2, 0.25) is 0 Å². The van der Waals surface area contributed by atoms with Gasteiger partial charge in [-0.2, -0.15) is 0 Å². The van der Waals surface area contributed by atoms with Crippen molar-refractivity contribution in [2.45, 2.75) is 43.7 Å². The maximum absolute atomic E-state index is 13.4.